The lowest BCUT2D eigenvalue weighted by Crippen LogP contribution is -2.27. The van der Waals surface area contributed by atoms with E-state index in [0.29, 0.717) is 18.1 Å². The van der Waals surface area contributed by atoms with E-state index in [1.54, 1.807) is 0 Å². The van der Waals surface area contributed by atoms with Crippen molar-refractivity contribution in [2.75, 3.05) is 20.3 Å². The minimum Gasteiger partial charge on any atom is -0.479 e. The molecule has 0 bridgehead atoms. The summed E-state index contributed by atoms with van der Waals surface area (Å²) in [5, 5.41) is 3.09. The molecule has 1 aromatic rings. The van der Waals surface area contributed by atoms with Gasteiger partial charge in [-0.1, -0.05) is 30.3 Å². The third-order valence-corrected chi connectivity index (χ3v) is 2.53. The lowest BCUT2D eigenvalue weighted by atomic mass is 10.1. The Hall–Kier alpha value is -1.97. The van der Waals surface area contributed by atoms with Crippen molar-refractivity contribution in [3.63, 3.8) is 0 Å². The number of esters is 1. The van der Waals surface area contributed by atoms with Crippen molar-refractivity contribution in [3.05, 3.63) is 41.8 Å². The molecule has 0 aliphatic carbocycles. The highest BCUT2D eigenvalue weighted by Crippen LogP contribution is 2.21. The minimum absolute atomic E-state index is 0.388. The summed E-state index contributed by atoms with van der Waals surface area (Å²) in [7, 11) is 1.37. The Morgan fingerprint density at radius 3 is 2.71 bits per heavy atom. The van der Waals surface area contributed by atoms with Crippen LogP contribution in [-0.2, 0) is 14.3 Å². The first-order chi connectivity index (χ1) is 8.33. The number of methoxy groups -OCH3 is 1. The van der Waals surface area contributed by atoms with Gasteiger partial charge in [-0.2, -0.15) is 0 Å². The van der Waals surface area contributed by atoms with Crippen LogP contribution in [0.2, 0.25) is 0 Å². The van der Waals surface area contributed by atoms with Crippen molar-refractivity contribution in [2.24, 2.45) is 0 Å². The number of hydrogen-bond acceptors (Lipinski definition) is 4. The van der Waals surface area contributed by atoms with E-state index >= 15 is 0 Å². The zero-order valence-corrected chi connectivity index (χ0v) is 9.73. The molecule has 1 N–H and O–H groups in total. The molecule has 1 saturated heterocycles. The molecule has 1 aliphatic rings. The van der Waals surface area contributed by atoms with Gasteiger partial charge < -0.3 is 14.8 Å². The zero-order valence-electron chi connectivity index (χ0n) is 9.73. The molecule has 1 aliphatic heterocycles. The summed E-state index contributed by atoms with van der Waals surface area (Å²) in [6.45, 7) is 1.43. The van der Waals surface area contributed by atoms with E-state index in [-0.39, 0.29) is 5.97 Å². The SMILES string of the molecule is COC(=O)/C(=C1/NCCCO1)c1ccccc1. The van der Waals surface area contributed by atoms with Gasteiger partial charge in [0.05, 0.1) is 13.7 Å². The topological polar surface area (TPSA) is 47.6 Å². The standard InChI is InChI=1S/C13H15NO3/c1-16-13(15)11(10-6-3-2-4-7-10)12-14-8-5-9-17-12/h2-4,6-7,14H,5,8-9H2,1H3/b12-11-. The second-order valence-corrected chi connectivity index (χ2v) is 3.69. The van der Waals surface area contributed by atoms with E-state index in [4.69, 9.17) is 9.47 Å². The molecule has 4 heteroatoms. The lowest BCUT2D eigenvalue weighted by Gasteiger charge is -2.21. The Morgan fingerprint density at radius 1 is 1.35 bits per heavy atom. The zero-order chi connectivity index (χ0) is 12.1. The average molecular weight is 233 g/mol. The van der Waals surface area contributed by atoms with Crippen LogP contribution in [0.4, 0.5) is 0 Å². The van der Waals surface area contributed by atoms with E-state index < -0.39 is 0 Å². The van der Waals surface area contributed by atoms with Crippen LogP contribution in [0.15, 0.2) is 36.2 Å². The molecule has 0 saturated carbocycles. The van der Waals surface area contributed by atoms with Crippen molar-refractivity contribution in [1.29, 1.82) is 0 Å². The Labute approximate surface area is 100 Å². The number of rotatable bonds is 2. The van der Waals surface area contributed by atoms with E-state index in [2.05, 4.69) is 5.32 Å². The van der Waals surface area contributed by atoms with Gasteiger partial charge in [0.25, 0.3) is 0 Å². The molecule has 0 atom stereocenters. The molecule has 0 aromatic heterocycles. The largest absolute Gasteiger partial charge is 0.479 e. The highest BCUT2D eigenvalue weighted by atomic mass is 16.5. The normalized spacial score (nSPS) is 17.7. The van der Waals surface area contributed by atoms with Gasteiger partial charge in [-0.3, -0.25) is 0 Å². The van der Waals surface area contributed by atoms with Crippen LogP contribution in [0.1, 0.15) is 12.0 Å². The fraction of sp³-hybridized carbons (Fsp3) is 0.308. The van der Waals surface area contributed by atoms with Gasteiger partial charge in [-0.15, -0.1) is 0 Å². The van der Waals surface area contributed by atoms with Crippen LogP contribution in [0, 0.1) is 0 Å². The Kier molecular flexibility index (Phi) is 3.65. The van der Waals surface area contributed by atoms with Crippen LogP contribution in [0.3, 0.4) is 0 Å². The highest BCUT2D eigenvalue weighted by molar-refractivity contribution is 6.17. The average Bonchev–Trinajstić information content (AvgIpc) is 2.41. The van der Waals surface area contributed by atoms with E-state index in [9.17, 15) is 4.79 Å². The first-order valence-electron chi connectivity index (χ1n) is 5.57. The third kappa shape index (κ3) is 2.58. The minimum atomic E-state index is -0.388. The number of ether oxygens (including phenoxy) is 2. The summed E-state index contributed by atoms with van der Waals surface area (Å²) >= 11 is 0. The molecule has 4 nitrogen and oxygen atoms in total. The van der Waals surface area contributed by atoms with Crippen LogP contribution in [-0.4, -0.2) is 26.2 Å². The maximum Gasteiger partial charge on any atom is 0.343 e. The maximum absolute atomic E-state index is 11.8. The predicted octanol–water partition coefficient (Wildman–Crippen LogP) is 1.54. The first kappa shape index (κ1) is 11.5. The van der Waals surface area contributed by atoms with Gasteiger partial charge in [0, 0.05) is 6.54 Å². The molecule has 0 radical (unpaired) electrons. The molecule has 1 heterocycles. The molecule has 90 valence electrons. The molecule has 1 aromatic carbocycles. The molecule has 0 unspecified atom stereocenters. The summed E-state index contributed by atoms with van der Waals surface area (Å²) < 4.78 is 10.3. The van der Waals surface area contributed by atoms with Crippen LogP contribution in [0.5, 0.6) is 0 Å². The van der Waals surface area contributed by atoms with Gasteiger partial charge in [-0.05, 0) is 12.0 Å². The fourth-order valence-electron chi connectivity index (χ4n) is 1.71. The monoisotopic (exact) mass is 233 g/mol. The molecule has 0 spiro atoms. The van der Waals surface area contributed by atoms with Crippen molar-refractivity contribution in [3.8, 4) is 0 Å². The Bertz CT molecular complexity index is 418. The second-order valence-electron chi connectivity index (χ2n) is 3.69. The van der Waals surface area contributed by atoms with Crippen LogP contribution in [0.25, 0.3) is 5.57 Å². The Morgan fingerprint density at radius 2 is 2.12 bits per heavy atom. The quantitative estimate of drug-likeness (QED) is 0.621. The number of carbonyl (C=O) groups is 1. The summed E-state index contributed by atoms with van der Waals surface area (Å²) in [4.78, 5) is 11.8. The van der Waals surface area contributed by atoms with E-state index in [1.165, 1.54) is 7.11 Å². The van der Waals surface area contributed by atoms with Crippen LogP contribution < -0.4 is 5.32 Å². The van der Waals surface area contributed by atoms with Crippen LogP contribution >= 0.6 is 0 Å². The summed E-state index contributed by atoms with van der Waals surface area (Å²) in [5.74, 6) is 0.120. The van der Waals surface area contributed by atoms with Crippen molar-refractivity contribution in [1.82, 2.24) is 5.32 Å². The highest BCUT2D eigenvalue weighted by Gasteiger charge is 2.21. The van der Waals surface area contributed by atoms with Gasteiger partial charge in [0.1, 0.15) is 5.57 Å². The van der Waals surface area contributed by atoms with E-state index in [1.807, 2.05) is 30.3 Å². The van der Waals surface area contributed by atoms with E-state index in [0.717, 1.165) is 18.5 Å². The summed E-state index contributed by atoms with van der Waals surface area (Å²) in [6.07, 6.45) is 0.937. The summed E-state index contributed by atoms with van der Waals surface area (Å²) in [6, 6.07) is 9.37. The fourth-order valence-corrected chi connectivity index (χ4v) is 1.71. The maximum atomic E-state index is 11.8. The molecule has 17 heavy (non-hydrogen) atoms. The van der Waals surface area contributed by atoms with Crippen molar-refractivity contribution < 1.29 is 14.3 Å². The lowest BCUT2D eigenvalue weighted by molar-refractivity contribution is -0.133. The van der Waals surface area contributed by atoms with Gasteiger partial charge in [0.2, 0.25) is 5.88 Å². The smallest absolute Gasteiger partial charge is 0.343 e. The van der Waals surface area contributed by atoms with Crippen molar-refractivity contribution in [2.45, 2.75) is 6.42 Å². The molecule has 0 amide bonds. The predicted molar refractivity (Wildman–Crippen MR) is 63.9 cm³/mol. The molecule has 2 rings (SSSR count). The molecular weight excluding hydrogens is 218 g/mol. The summed E-state index contributed by atoms with van der Waals surface area (Å²) in [5.41, 5.74) is 1.25. The third-order valence-electron chi connectivity index (χ3n) is 2.53. The molecule has 1 fully saturated rings. The number of benzene rings is 1. The number of carbonyl (C=O) groups excluding carboxylic acids is 1. The van der Waals surface area contributed by atoms with Gasteiger partial charge in [0.15, 0.2) is 0 Å². The van der Waals surface area contributed by atoms with Gasteiger partial charge >= 0.3 is 5.97 Å². The molecular formula is C13H15NO3. The second kappa shape index (κ2) is 5.39. The Balaban J connectivity index is 2.41. The first-order valence-corrected chi connectivity index (χ1v) is 5.57. The van der Waals surface area contributed by atoms with Crippen molar-refractivity contribution >= 4 is 11.5 Å². The number of nitrogens with one attached hydrogen (secondary N) is 1. The number of hydrogen-bond donors (Lipinski definition) is 1. The van der Waals surface area contributed by atoms with Gasteiger partial charge in [-0.25, -0.2) is 4.79 Å².